The largest absolute Gasteiger partial charge is 0.325 e. The molecule has 18 heteroatoms. The van der Waals surface area contributed by atoms with Crippen molar-refractivity contribution in [3.8, 4) is 0 Å². The van der Waals surface area contributed by atoms with Gasteiger partial charge in [0.1, 0.15) is 0 Å². The summed E-state index contributed by atoms with van der Waals surface area (Å²) in [6.45, 7) is 1.29. The van der Waals surface area contributed by atoms with Crippen LogP contribution in [-0.4, -0.2) is 90.0 Å². The highest BCUT2D eigenvalue weighted by molar-refractivity contribution is 7.53. The lowest BCUT2D eigenvalue weighted by molar-refractivity contribution is 0.341. The van der Waals surface area contributed by atoms with Crippen molar-refractivity contribution in [1.82, 2.24) is 10.6 Å². The molecule has 0 aliphatic rings. The van der Waals surface area contributed by atoms with Gasteiger partial charge in [-0.1, -0.05) is 0 Å². The van der Waals surface area contributed by atoms with E-state index in [9.17, 15) is 18.3 Å². The Morgan fingerprint density at radius 2 is 0.700 bits per heavy atom. The summed E-state index contributed by atoms with van der Waals surface area (Å²) in [6, 6.07) is 0. The summed E-state index contributed by atoms with van der Waals surface area (Å²) in [5, 5.41) is 5.87. The lowest BCUT2D eigenvalue weighted by Gasteiger charge is -2.19. The predicted octanol–water partition coefficient (Wildman–Crippen LogP) is -1.11. The first kappa shape index (κ1) is 30.5. The third kappa shape index (κ3) is 21.7. The molecule has 30 heavy (non-hydrogen) atoms. The third-order valence-corrected chi connectivity index (χ3v) is 7.89. The van der Waals surface area contributed by atoms with Crippen molar-refractivity contribution in [2.45, 2.75) is 12.8 Å². The van der Waals surface area contributed by atoms with Crippen molar-refractivity contribution >= 4 is 30.4 Å². The summed E-state index contributed by atoms with van der Waals surface area (Å²) in [5.74, 6) is -1.71. The molecule has 0 fully saturated rings. The summed E-state index contributed by atoms with van der Waals surface area (Å²) < 4.78 is 44.3. The molecule has 182 valence electrons. The van der Waals surface area contributed by atoms with Gasteiger partial charge in [0.25, 0.3) is 0 Å². The predicted molar refractivity (Wildman–Crippen MR) is 110 cm³/mol. The van der Waals surface area contributed by atoms with Gasteiger partial charge in [-0.15, -0.1) is 0 Å². The average molecular weight is 520 g/mol. The van der Waals surface area contributed by atoms with Gasteiger partial charge in [0.15, 0.2) is 0 Å². The minimum Gasteiger partial charge on any atom is -0.324 e. The van der Waals surface area contributed by atoms with Crippen LogP contribution in [0.15, 0.2) is 0 Å². The quantitative estimate of drug-likeness (QED) is 0.0806. The highest BCUT2D eigenvalue weighted by Gasteiger charge is 2.28. The molecule has 0 spiro atoms. The van der Waals surface area contributed by atoms with E-state index < -0.39 is 66.9 Å². The SMILES string of the molecule is O=P(O)(O)CC(CCNCCNCCC(CP(=O)(O)O)CP(=O)(O)O)CP(=O)(O)O. The van der Waals surface area contributed by atoms with Gasteiger partial charge >= 0.3 is 30.4 Å². The Morgan fingerprint density at radius 3 is 0.900 bits per heavy atom. The van der Waals surface area contributed by atoms with Gasteiger partial charge in [-0.05, 0) is 37.8 Å². The molecule has 10 N–H and O–H groups in total. The van der Waals surface area contributed by atoms with E-state index in [2.05, 4.69) is 10.6 Å². The van der Waals surface area contributed by atoms with Gasteiger partial charge in [0.05, 0.1) is 24.6 Å². The van der Waals surface area contributed by atoms with Gasteiger partial charge in [-0.3, -0.25) is 18.3 Å². The summed E-state index contributed by atoms with van der Waals surface area (Å²) in [4.78, 5) is 72.0. The highest BCUT2D eigenvalue weighted by atomic mass is 31.2. The smallest absolute Gasteiger partial charge is 0.324 e. The van der Waals surface area contributed by atoms with Crippen LogP contribution in [0.2, 0.25) is 0 Å². The standard InChI is InChI=1S/C12H32N2O12P4/c15-27(16,17)7-11(8-28(18,19)20)1-3-13-5-6-14-4-2-12(9-29(21,22)23)10-30(24,25)26/h11-14H,1-10H2,(H2,15,16,17)(H2,18,19,20)(H2,21,22,23)(H2,24,25,26). The Balaban J connectivity index is 4.20. The van der Waals surface area contributed by atoms with E-state index in [-0.39, 0.29) is 25.9 Å². The van der Waals surface area contributed by atoms with Crippen LogP contribution in [0.1, 0.15) is 12.8 Å². The lowest BCUT2D eigenvalue weighted by atomic mass is 10.1. The second-order valence-electron chi connectivity index (χ2n) is 7.20. The fourth-order valence-corrected chi connectivity index (χ4v) is 7.21. The minimum atomic E-state index is -4.41. The topological polar surface area (TPSA) is 254 Å². The molecule has 0 heterocycles. The molecule has 0 radical (unpaired) electrons. The van der Waals surface area contributed by atoms with Crippen molar-refractivity contribution in [3.63, 3.8) is 0 Å². The zero-order chi connectivity index (χ0) is 23.6. The van der Waals surface area contributed by atoms with E-state index in [1.807, 2.05) is 0 Å². The van der Waals surface area contributed by atoms with Crippen LogP contribution in [0, 0.1) is 11.8 Å². The van der Waals surface area contributed by atoms with Gasteiger partial charge in [-0.25, -0.2) is 0 Å². The molecular weight excluding hydrogens is 488 g/mol. The maximum atomic E-state index is 11.1. The molecule has 0 saturated heterocycles. The monoisotopic (exact) mass is 520 g/mol. The van der Waals surface area contributed by atoms with Crippen molar-refractivity contribution < 1.29 is 57.4 Å². The van der Waals surface area contributed by atoms with Crippen LogP contribution in [-0.2, 0) is 18.3 Å². The van der Waals surface area contributed by atoms with Crippen molar-refractivity contribution in [1.29, 1.82) is 0 Å². The van der Waals surface area contributed by atoms with Crippen molar-refractivity contribution in [2.24, 2.45) is 11.8 Å². The van der Waals surface area contributed by atoms with Gasteiger partial charge in [0, 0.05) is 13.1 Å². The van der Waals surface area contributed by atoms with Crippen LogP contribution in [0.25, 0.3) is 0 Å². The number of hydrogen-bond acceptors (Lipinski definition) is 6. The van der Waals surface area contributed by atoms with E-state index in [1.54, 1.807) is 0 Å². The fourth-order valence-electron chi connectivity index (χ4n) is 2.87. The van der Waals surface area contributed by atoms with E-state index >= 15 is 0 Å². The van der Waals surface area contributed by atoms with Crippen LogP contribution >= 0.6 is 30.4 Å². The number of hydrogen-bond donors (Lipinski definition) is 10. The molecule has 0 rings (SSSR count). The molecular formula is C12H32N2O12P4. The Bertz CT molecular complexity index is 577. The molecule has 0 unspecified atom stereocenters. The molecule has 0 aliphatic carbocycles. The van der Waals surface area contributed by atoms with E-state index in [0.29, 0.717) is 13.1 Å². The summed E-state index contributed by atoms with van der Waals surface area (Å²) >= 11 is 0. The second kappa shape index (κ2) is 13.3. The Kier molecular flexibility index (Phi) is 13.5. The lowest BCUT2D eigenvalue weighted by Crippen LogP contribution is -2.31. The summed E-state index contributed by atoms with van der Waals surface area (Å²) in [7, 11) is -17.7. The molecule has 14 nitrogen and oxygen atoms in total. The van der Waals surface area contributed by atoms with Crippen LogP contribution in [0.3, 0.4) is 0 Å². The van der Waals surface area contributed by atoms with Crippen molar-refractivity contribution in [2.75, 3.05) is 50.8 Å². The van der Waals surface area contributed by atoms with Crippen molar-refractivity contribution in [3.05, 3.63) is 0 Å². The first-order valence-electron chi connectivity index (χ1n) is 8.96. The van der Waals surface area contributed by atoms with Gasteiger partial charge in [0.2, 0.25) is 0 Å². The Labute approximate surface area is 174 Å². The first-order valence-corrected chi connectivity index (χ1v) is 16.1. The zero-order valence-electron chi connectivity index (χ0n) is 16.2. The zero-order valence-corrected chi connectivity index (χ0v) is 19.8. The molecule has 0 aliphatic heterocycles. The minimum absolute atomic E-state index is 0.142. The normalized spacial score (nSPS) is 14.1. The maximum absolute atomic E-state index is 11.1. The third-order valence-electron chi connectivity index (χ3n) is 3.92. The van der Waals surface area contributed by atoms with Crippen LogP contribution in [0.5, 0.6) is 0 Å². The summed E-state index contributed by atoms with van der Waals surface area (Å²) in [5.41, 5.74) is 0. The van der Waals surface area contributed by atoms with E-state index in [0.717, 1.165) is 0 Å². The second-order valence-corrected chi connectivity index (χ2v) is 14.0. The molecule has 0 atom stereocenters. The highest BCUT2D eigenvalue weighted by Crippen LogP contribution is 2.45. The fraction of sp³-hybridized carbons (Fsp3) is 1.00. The maximum Gasteiger partial charge on any atom is 0.325 e. The Morgan fingerprint density at radius 1 is 0.467 bits per heavy atom. The molecule has 0 aromatic heterocycles. The molecule has 0 aromatic carbocycles. The average Bonchev–Trinajstić information content (AvgIpc) is 2.42. The van der Waals surface area contributed by atoms with Gasteiger partial charge < -0.3 is 49.8 Å². The molecule has 0 aromatic rings. The molecule has 0 saturated carbocycles. The number of rotatable bonds is 17. The number of nitrogens with one attached hydrogen (secondary N) is 2. The van der Waals surface area contributed by atoms with Crippen LogP contribution < -0.4 is 10.6 Å². The van der Waals surface area contributed by atoms with Gasteiger partial charge in [-0.2, -0.15) is 0 Å². The molecule has 0 bridgehead atoms. The van der Waals surface area contributed by atoms with E-state index in [4.69, 9.17) is 39.1 Å². The Hall–Kier alpha value is 0.520. The summed E-state index contributed by atoms with van der Waals surface area (Å²) in [6.07, 6.45) is -2.22. The first-order chi connectivity index (χ1) is 13.4. The van der Waals surface area contributed by atoms with Crippen LogP contribution in [0.4, 0.5) is 0 Å². The molecule has 0 amide bonds. The van der Waals surface area contributed by atoms with E-state index in [1.165, 1.54) is 0 Å².